The lowest BCUT2D eigenvalue weighted by Crippen LogP contribution is -2.23. The van der Waals surface area contributed by atoms with Crippen LogP contribution in [-0.2, 0) is 6.54 Å². The van der Waals surface area contributed by atoms with E-state index in [-0.39, 0.29) is 0 Å². The van der Waals surface area contributed by atoms with Crippen molar-refractivity contribution in [3.8, 4) is 5.75 Å². The normalized spacial score (nSPS) is 19.1. The van der Waals surface area contributed by atoms with Crippen LogP contribution in [0.2, 0.25) is 0 Å². The summed E-state index contributed by atoms with van der Waals surface area (Å²) in [6.45, 7) is 6.05. The summed E-state index contributed by atoms with van der Waals surface area (Å²) in [4.78, 5) is 2.50. The Hall–Kier alpha value is -1.81. The number of aryl methyl sites for hydroxylation is 2. The minimum atomic E-state index is 0.404. The zero-order valence-corrected chi connectivity index (χ0v) is 12.9. The molecule has 0 aliphatic carbocycles. The highest BCUT2D eigenvalue weighted by atomic mass is 16.5. The number of benzene rings is 1. The van der Waals surface area contributed by atoms with E-state index in [0.29, 0.717) is 6.04 Å². The first-order chi connectivity index (χ1) is 10.2. The molecule has 21 heavy (non-hydrogen) atoms. The van der Waals surface area contributed by atoms with Gasteiger partial charge in [0.15, 0.2) is 0 Å². The van der Waals surface area contributed by atoms with Gasteiger partial charge in [-0.1, -0.05) is 23.4 Å². The third kappa shape index (κ3) is 2.68. The highest BCUT2D eigenvalue weighted by molar-refractivity contribution is 5.34. The number of aromatic nitrogens is 1. The van der Waals surface area contributed by atoms with Crippen molar-refractivity contribution in [1.29, 1.82) is 0 Å². The second-order valence-corrected chi connectivity index (χ2v) is 5.68. The van der Waals surface area contributed by atoms with Crippen LogP contribution in [0.25, 0.3) is 0 Å². The smallest absolute Gasteiger partial charge is 0.138 e. The maximum absolute atomic E-state index is 5.47. The summed E-state index contributed by atoms with van der Waals surface area (Å²) in [7, 11) is 1.73. The molecular formula is C17H22N2O2. The molecule has 1 aliphatic heterocycles. The Morgan fingerprint density at radius 1 is 1.33 bits per heavy atom. The van der Waals surface area contributed by atoms with Crippen molar-refractivity contribution in [3.63, 3.8) is 0 Å². The molecule has 1 saturated heterocycles. The fourth-order valence-corrected chi connectivity index (χ4v) is 3.36. The molecule has 0 spiro atoms. The van der Waals surface area contributed by atoms with E-state index in [1.165, 1.54) is 17.5 Å². The molecule has 2 aromatic rings. The number of nitrogens with zero attached hydrogens (tertiary/aromatic N) is 2. The van der Waals surface area contributed by atoms with Gasteiger partial charge in [0.05, 0.1) is 12.8 Å². The van der Waals surface area contributed by atoms with Gasteiger partial charge in [-0.3, -0.25) is 4.90 Å². The molecule has 0 radical (unpaired) electrons. The highest BCUT2D eigenvalue weighted by Gasteiger charge is 2.30. The van der Waals surface area contributed by atoms with Crippen molar-refractivity contribution in [1.82, 2.24) is 10.1 Å². The zero-order valence-electron chi connectivity index (χ0n) is 12.9. The molecule has 0 amide bonds. The Kier molecular flexibility index (Phi) is 3.97. The van der Waals surface area contributed by atoms with Crippen molar-refractivity contribution < 1.29 is 9.26 Å². The molecule has 0 N–H and O–H groups in total. The molecule has 1 atom stereocenters. The van der Waals surface area contributed by atoms with Crippen molar-refractivity contribution in [3.05, 3.63) is 46.8 Å². The fourth-order valence-electron chi connectivity index (χ4n) is 3.36. The molecule has 3 rings (SSSR count). The van der Waals surface area contributed by atoms with Crippen molar-refractivity contribution in [2.75, 3.05) is 13.7 Å². The third-order valence-corrected chi connectivity index (χ3v) is 4.35. The molecule has 112 valence electrons. The van der Waals surface area contributed by atoms with E-state index in [1.54, 1.807) is 7.11 Å². The predicted molar refractivity (Wildman–Crippen MR) is 81.4 cm³/mol. The Balaban J connectivity index is 1.85. The number of rotatable bonds is 4. The molecule has 1 aliphatic rings. The molecule has 1 aromatic carbocycles. The van der Waals surface area contributed by atoms with Crippen LogP contribution >= 0.6 is 0 Å². The Morgan fingerprint density at radius 2 is 2.14 bits per heavy atom. The summed E-state index contributed by atoms with van der Waals surface area (Å²) < 4.78 is 10.8. The summed E-state index contributed by atoms with van der Waals surface area (Å²) in [6.07, 6.45) is 2.38. The molecule has 2 heterocycles. The zero-order chi connectivity index (χ0) is 14.8. The Labute approximate surface area is 125 Å². The largest absolute Gasteiger partial charge is 0.496 e. The summed E-state index contributed by atoms with van der Waals surface area (Å²) >= 11 is 0. The van der Waals surface area contributed by atoms with Crippen LogP contribution in [0, 0.1) is 13.8 Å². The summed E-state index contributed by atoms with van der Waals surface area (Å²) in [6, 6.07) is 8.65. The van der Waals surface area contributed by atoms with E-state index in [2.05, 4.69) is 22.2 Å². The van der Waals surface area contributed by atoms with E-state index in [4.69, 9.17) is 9.26 Å². The molecule has 1 aromatic heterocycles. The second kappa shape index (κ2) is 5.90. The maximum Gasteiger partial charge on any atom is 0.138 e. The second-order valence-electron chi connectivity index (χ2n) is 5.68. The number of para-hydroxylation sites is 1. The average molecular weight is 286 g/mol. The fraction of sp³-hybridized carbons (Fsp3) is 0.471. The van der Waals surface area contributed by atoms with Crippen molar-refractivity contribution >= 4 is 0 Å². The van der Waals surface area contributed by atoms with Gasteiger partial charge in [0.2, 0.25) is 0 Å². The Bertz CT molecular complexity index is 602. The molecule has 0 saturated carbocycles. The van der Waals surface area contributed by atoms with Crippen molar-refractivity contribution in [2.24, 2.45) is 0 Å². The van der Waals surface area contributed by atoms with Crippen LogP contribution in [0.1, 0.15) is 41.5 Å². The van der Waals surface area contributed by atoms with E-state index >= 15 is 0 Å². The first-order valence-electron chi connectivity index (χ1n) is 7.49. The summed E-state index contributed by atoms with van der Waals surface area (Å²) in [5.41, 5.74) is 3.52. The minimum Gasteiger partial charge on any atom is -0.496 e. The van der Waals surface area contributed by atoms with Gasteiger partial charge in [-0.2, -0.15) is 0 Å². The van der Waals surface area contributed by atoms with Gasteiger partial charge < -0.3 is 9.26 Å². The minimum absolute atomic E-state index is 0.404. The van der Waals surface area contributed by atoms with Gasteiger partial charge in [-0.15, -0.1) is 0 Å². The van der Waals surface area contributed by atoms with Gasteiger partial charge in [0, 0.05) is 23.7 Å². The van der Waals surface area contributed by atoms with Crippen LogP contribution in [0.5, 0.6) is 5.75 Å². The van der Waals surface area contributed by atoms with E-state index in [1.807, 2.05) is 26.0 Å². The van der Waals surface area contributed by atoms with Gasteiger partial charge in [-0.25, -0.2) is 0 Å². The van der Waals surface area contributed by atoms with Crippen LogP contribution in [0.4, 0.5) is 0 Å². The lowest BCUT2D eigenvalue weighted by atomic mass is 10.0. The average Bonchev–Trinajstić information content (AvgIpc) is 3.06. The first kappa shape index (κ1) is 14.1. The third-order valence-electron chi connectivity index (χ3n) is 4.35. The predicted octanol–water partition coefficient (Wildman–Crippen LogP) is 3.64. The molecular weight excluding hydrogens is 264 g/mol. The van der Waals surface area contributed by atoms with Gasteiger partial charge in [-0.05, 0) is 39.3 Å². The molecule has 4 nitrogen and oxygen atoms in total. The Morgan fingerprint density at radius 3 is 2.86 bits per heavy atom. The van der Waals surface area contributed by atoms with E-state index < -0.39 is 0 Å². The standard InChI is InChI=1S/C17H22N2O2/c1-12-17(13(2)21-18-12)15-8-6-10-19(15)11-14-7-4-5-9-16(14)20-3/h4-5,7,9,15H,6,8,10-11H2,1-3H3/t15-/m1/s1. The molecule has 0 unspecified atom stereocenters. The summed E-state index contributed by atoms with van der Waals surface area (Å²) in [5, 5.41) is 4.11. The molecule has 0 bridgehead atoms. The quantitative estimate of drug-likeness (QED) is 0.860. The SMILES string of the molecule is COc1ccccc1CN1CCC[C@@H]1c1c(C)noc1C. The van der Waals surface area contributed by atoms with Crippen LogP contribution < -0.4 is 4.74 Å². The molecule has 1 fully saturated rings. The molecule has 4 heteroatoms. The number of hydrogen-bond acceptors (Lipinski definition) is 4. The number of hydrogen-bond donors (Lipinski definition) is 0. The summed E-state index contributed by atoms with van der Waals surface area (Å²) in [5.74, 6) is 1.91. The van der Waals surface area contributed by atoms with Gasteiger partial charge in [0.25, 0.3) is 0 Å². The lowest BCUT2D eigenvalue weighted by Gasteiger charge is -2.25. The van der Waals surface area contributed by atoms with Crippen LogP contribution in [-0.4, -0.2) is 23.7 Å². The maximum atomic E-state index is 5.47. The van der Waals surface area contributed by atoms with E-state index in [0.717, 1.165) is 36.7 Å². The number of ether oxygens (including phenoxy) is 1. The van der Waals surface area contributed by atoms with Crippen molar-refractivity contribution in [2.45, 2.75) is 39.3 Å². The van der Waals surface area contributed by atoms with Crippen LogP contribution in [0.15, 0.2) is 28.8 Å². The van der Waals surface area contributed by atoms with E-state index in [9.17, 15) is 0 Å². The topological polar surface area (TPSA) is 38.5 Å². The van der Waals surface area contributed by atoms with Gasteiger partial charge >= 0.3 is 0 Å². The monoisotopic (exact) mass is 286 g/mol. The van der Waals surface area contributed by atoms with Gasteiger partial charge in [0.1, 0.15) is 11.5 Å². The number of likely N-dealkylation sites (tertiary alicyclic amines) is 1. The first-order valence-corrected chi connectivity index (χ1v) is 7.49. The number of methoxy groups -OCH3 is 1. The highest BCUT2D eigenvalue weighted by Crippen LogP contribution is 2.37. The lowest BCUT2D eigenvalue weighted by molar-refractivity contribution is 0.242. The van der Waals surface area contributed by atoms with Crippen LogP contribution in [0.3, 0.4) is 0 Å².